The van der Waals surface area contributed by atoms with Crippen LogP contribution in [0.4, 0.5) is 0 Å². The number of nitrogens with zero attached hydrogens (tertiary/aromatic N) is 4. The van der Waals surface area contributed by atoms with Gasteiger partial charge < -0.3 is 0 Å². The van der Waals surface area contributed by atoms with Crippen LogP contribution < -0.4 is 0 Å². The summed E-state index contributed by atoms with van der Waals surface area (Å²) in [4.78, 5) is 1.50. The van der Waals surface area contributed by atoms with Crippen LogP contribution in [0.2, 0.25) is 0 Å². The summed E-state index contributed by atoms with van der Waals surface area (Å²) in [6, 6.07) is 0. The fourth-order valence-corrected chi connectivity index (χ4v) is 2.08. The second kappa shape index (κ2) is 4.69. The molecule has 0 aliphatic rings. The topological polar surface area (TPSA) is 43.6 Å². The maximum Gasteiger partial charge on any atom is 0.175 e. The molecule has 74 valence electrons. The molecule has 0 aliphatic heterocycles. The van der Waals surface area contributed by atoms with Crippen LogP contribution in [-0.4, -0.2) is 25.5 Å². The molecule has 0 aliphatic carbocycles. The highest BCUT2D eigenvalue weighted by Gasteiger charge is 2.15. The maximum absolute atomic E-state index is 4.15. The zero-order chi connectivity index (χ0) is 9.84. The summed E-state index contributed by atoms with van der Waals surface area (Å²) in [6.45, 7) is 4.42. The Balaban J connectivity index is 2.56. The van der Waals surface area contributed by atoms with Crippen LogP contribution in [-0.2, 0) is 13.5 Å². The molecular weight excluding hydrogens is 232 g/mol. The highest BCUT2D eigenvalue weighted by molar-refractivity contribution is 9.09. The van der Waals surface area contributed by atoms with E-state index in [0.29, 0.717) is 11.8 Å². The van der Waals surface area contributed by atoms with Crippen LogP contribution in [0, 0.1) is 11.8 Å². The van der Waals surface area contributed by atoms with Crippen molar-refractivity contribution in [2.75, 3.05) is 5.33 Å². The summed E-state index contributed by atoms with van der Waals surface area (Å²) in [5.74, 6) is 2.06. The highest BCUT2D eigenvalue weighted by Crippen LogP contribution is 2.17. The first-order valence-corrected chi connectivity index (χ1v) is 5.54. The maximum atomic E-state index is 4.15. The summed E-state index contributed by atoms with van der Waals surface area (Å²) in [6.07, 6.45) is 0.900. The molecule has 0 amide bonds. The van der Waals surface area contributed by atoms with Crippen LogP contribution in [0.5, 0.6) is 0 Å². The monoisotopic (exact) mass is 246 g/mol. The molecule has 0 radical (unpaired) electrons. The van der Waals surface area contributed by atoms with Gasteiger partial charge in [0.05, 0.1) is 7.05 Å². The predicted octanol–water partition coefficient (Wildman–Crippen LogP) is 1.42. The Morgan fingerprint density at radius 1 is 1.46 bits per heavy atom. The van der Waals surface area contributed by atoms with E-state index in [1.165, 1.54) is 4.80 Å². The van der Waals surface area contributed by atoms with Gasteiger partial charge in [-0.25, -0.2) is 0 Å². The number of aryl methyl sites for hydroxylation is 1. The second-order valence-corrected chi connectivity index (χ2v) is 4.21. The quantitative estimate of drug-likeness (QED) is 0.756. The van der Waals surface area contributed by atoms with E-state index in [9.17, 15) is 0 Å². The molecule has 0 aromatic carbocycles. The lowest BCUT2D eigenvalue weighted by Gasteiger charge is -2.15. The van der Waals surface area contributed by atoms with Gasteiger partial charge in [0.15, 0.2) is 5.82 Å². The number of halogens is 1. The van der Waals surface area contributed by atoms with Gasteiger partial charge in [0.1, 0.15) is 0 Å². The van der Waals surface area contributed by atoms with E-state index < -0.39 is 0 Å². The molecule has 0 spiro atoms. The van der Waals surface area contributed by atoms with E-state index in [0.717, 1.165) is 17.6 Å². The first-order chi connectivity index (χ1) is 6.13. The average Bonchev–Trinajstić information content (AvgIpc) is 2.46. The van der Waals surface area contributed by atoms with Gasteiger partial charge in [-0.2, -0.15) is 4.80 Å². The van der Waals surface area contributed by atoms with Crippen LogP contribution in [0.3, 0.4) is 0 Å². The van der Waals surface area contributed by atoms with Gasteiger partial charge in [-0.05, 0) is 17.0 Å². The third-order valence-corrected chi connectivity index (χ3v) is 2.97. The molecule has 0 fully saturated rings. The molecule has 1 rings (SSSR count). The van der Waals surface area contributed by atoms with Gasteiger partial charge in [-0.1, -0.05) is 29.8 Å². The molecule has 1 heterocycles. The molecular formula is C8H15BrN4. The Labute approximate surface area is 86.8 Å². The van der Waals surface area contributed by atoms with Gasteiger partial charge in [-0.3, -0.25) is 0 Å². The lowest BCUT2D eigenvalue weighted by Crippen LogP contribution is -2.14. The molecule has 1 aromatic rings. The fourth-order valence-electron chi connectivity index (χ4n) is 1.11. The first-order valence-electron chi connectivity index (χ1n) is 4.42. The van der Waals surface area contributed by atoms with E-state index in [2.05, 4.69) is 45.2 Å². The van der Waals surface area contributed by atoms with Crippen molar-refractivity contribution in [1.82, 2.24) is 20.2 Å². The lowest BCUT2D eigenvalue weighted by atomic mass is 9.94. The molecule has 13 heavy (non-hydrogen) atoms. The van der Waals surface area contributed by atoms with Gasteiger partial charge in [0.2, 0.25) is 0 Å². The smallest absolute Gasteiger partial charge is 0.167 e. The third kappa shape index (κ3) is 3.06. The van der Waals surface area contributed by atoms with Gasteiger partial charge in [0.25, 0.3) is 0 Å². The molecule has 1 aromatic heterocycles. The Kier molecular flexibility index (Phi) is 3.84. The summed E-state index contributed by atoms with van der Waals surface area (Å²) in [5, 5.41) is 12.9. The van der Waals surface area contributed by atoms with Crippen molar-refractivity contribution in [2.24, 2.45) is 18.9 Å². The van der Waals surface area contributed by atoms with Crippen molar-refractivity contribution in [2.45, 2.75) is 20.3 Å². The van der Waals surface area contributed by atoms with Crippen LogP contribution in [0.25, 0.3) is 0 Å². The molecule has 1 atom stereocenters. The Hall–Kier alpha value is -0.450. The normalized spacial score (nSPS) is 13.6. The fraction of sp³-hybridized carbons (Fsp3) is 0.875. The number of alkyl halides is 1. The first kappa shape index (κ1) is 10.6. The van der Waals surface area contributed by atoms with Crippen molar-refractivity contribution in [3.63, 3.8) is 0 Å². The summed E-state index contributed by atoms with van der Waals surface area (Å²) < 4.78 is 0. The number of tetrazole rings is 1. The Bertz CT molecular complexity index is 258. The number of hydrogen-bond donors (Lipinski definition) is 0. The van der Waals surface area contributed by atoms with E-state index in [1.807, 2.05) is 0 Å². The average molecular weight is 247 g/mol. The van der Waals surface area contributed by atoms with Gasteiger partial charge in [-0.15, -0.1) is 10.2 Å². The Morgan fingerprint density at radius 3 is 2.54 bits per heavy atom. The Morgan fingerprint density at radius 2 is 2.15 bits per heavy atom. The lowest BCUT2D eigenvalue weighted by molar-refractivity contribution is 0.418. The van der Waals surface area contributed by atoms with E-state index >= 15 is 0 Å². The summed E-state index contributed by atoms with van der Waals surface area (Å²) in [7, 11) is 1.79. The zero-order valence-electron chi connectivity index (χ0n) is 8.24. The minimum Gasteiger partial charge on any atom is -0.167 e. The molecule has 0 N–H and O–H groups in total. The zero-order valence-corrected chi connectivity index (χ0v) is 9.82. The number of rotatable bonds is 4. The largest absolute Gasteiger partial charge is 0.175 e. The standard InChI is InChI=1S/C8H15BrN4/c1-6(2)7(5-9)4-8-10-12-13(3)11-8/h6-7H,4-5H2,1-3H3. The molecule has 0 saturated heterocycles. The molecule has 1 unspecified atom stereocenters. The highest BCUT2D eigenvalue weighted by atomic mass is 79.9. The number of hydrogen-bond acceptors (Lipinski definition) is 3. The predicted molar refractivity (Wildman–Crippen MR) is 54.6 cm³/mol. The minimum atomic E-state index is 0.587. The number of aromatic nitrogens is 4. The van der Waals surface area contributed by atoms with Crippen molar-refractivity contribution in [1.29, 1.82) is 0 Å². The van der Waals surface area contributed by atoms with Gasteiger partial charge in [0, 0.05) is 11.8 Å². The van der Waals surface area contributed by atoms with E-state index in [1.54, 1.807) is 7.05 Å². The second-order valence-electron chi connectivity index (χ2n) is 3.56. The third-order valence-electron chi connectivity index (χ3n) is 2.14. The molecule has 4 nitrogen and oxygen atoms in total. The SMILES string of the molecule is CC(C)C(CBr)Cc1nnn(C)n1. The summed E-state index contributed by atoms with van der Waals surface area (Å²) >= 11 is 3.50. The van der Waals surface area contributed by atoms with Crippen molar-refractivity contribution >= 4 is 15.9 Å². The molecule has 0 bridgehead atoms. The van der Waals surface area contributed by atoms with Crippen molar-refractivity contribution < 1.29 is 0 Å². The van der Waals surface area contributed by atoms with Crippen LogP contribution in [0.1, 0.15) is 19.7 Å². The summed E-state index contributed by atoms with van der Waals surface area (Å²) in [5.41, 5.74) is 0. The molecule has 5 heteroatoms. The van der Waals surface area contributed by atoms with Crippen LogP contribution in [0.15, 0.2) is 0 Å². The van der Waals surface area contributed by atoms with Crippen molar-refractivity contribution in [3.8, 4) is 0 Å². The minimum absolute atomic E-state index is 0.587. The van der Waals surface area contributed by atoms with Crippen molar-refractivity contribution in [3.05, 3.63) is 5.82 Å². The van der Waals surface area contributed by atoms with E-state index in [4.69, 9.17) is 0 Å². The van der Waals surface area contributed by atoms with E-state index in [-0.39, 0.29) is 0 Å². The molecule has 0 saturated carbocycles. The van der Waals surface area contributed by atoms with Crippen LogP contribution >= 0.6 is 15.9 Å². The van der Waals surface area contributed by atoms with Gasteiger partial charge >= 0.3 is 0 Å².